The van der Waals surface area contributed by atoms with Gasteiger partial charge in [-0.25, -0.2) is 9.97 Å². The Bertz CT molecular complexity index is 242. The van der Waals surface area contributed by atoms with Crippen LogP contribution in [0.15, 0.2) is 18.6 Å². The molecule has 0 amide bonds. The zero-order valence-electron chi connectivity index (χ0n) is 8.06. The van der Waals surface area contributed by atoms with Crippen LogP contribution in [0.2, 0.25) is 0 Å². The van der Waals surface area contributed by atoms with E-state index in [1.165, 1.54) is 6.33 Å². The summed E-state index contributed by atoms with van der Waals surface area (Å²) in [7, 11) is 0. The number of rotatable bonds is 6. The SMILES string of the molecule is NCC(NCCCO)c1ccncn1. The van der Waals surface area contributed by atoms with Crippen molar-refractivity contribution in [2.45, 2.75) is 12.5 Å². The monoisotopic (exact) mass is 196 g/mol. The van der Waals surface area contributed by atoms with Crippen molar-refractivity contribution in [2.24, 2.45) is 5.73 Å². The van der Waals surface area contributed by atoms with Gasteiger partial charge in [-0.1, -0.05) is 0 Å². The molecule has 0 spiro atoms. The van der Waals surface area contributed by atoms with Crippen molar-refractivity contribution in [1.82, 2.24) is 15.3 Å². The smallest absolute Gasteiger partial charge is 0.115 e. The van der Waals surface area contributed by atoms with Crippen molar-refractivity contribution in [3.05, 3.63) is 24.3 Å². The molecule has 1 heterocycles. The molecule has 0 aromatic carbocycles. The Hall–Kier alpha value is -1.04. The largest absolute Gasteiger partial charge is 0.396 e. The molecule has 1 aromatic rings. The first kappa shape index (κ1) is 11.0. The Kier molecular flexibility index (Phi) is 5.06. The van der Waals surface area contributed by atoms with E-state index in [1.807, 2.05) is 6.07 Å². The van der Waals surface area contributed by atoms with Crippen LogP contribution in [-0.2, 0) is 0 Å². The lowest BCUT2D eigenvalue weighted by Gasteiger charge is -2.15. The highest BCUT2D eigenvalue weighted by Crippen LogP contribution is 2.05. The molecule has 0 radical (unpaired) electrons. The summed E-state index contributed by atoms with van der Waals surface area (Å²) in [5.41, 5.74) is 6.49. The van der Waals surface area contributed by atoms with E-state index in [0.29, 0.717) is 6.54 Å². The molecule has 14 heavy (non-hydrogen) atoms. The zero-order valence-corrected chi connectivity index (χ0v) is 8.06. The van der Waals surface area contributed by atoms with Crippen LogP contribution in [0.25, 0.3) is 0 Å². The predicted octanol–water partition coefficient (Wildman–Crippen LogP) is -0.552. The maximum Gasteiger partial charge on any atom is 0.115 e. The van der Waals surface area contributed by atoms with Crippen molar-refractivity contribution in [2.75, 3.05) is 19.7 Å². The number of hydrogen-bond acceptors (Lipinski definition) is 5. The Morgan fingerprint density at radius 3 is 3.00 bits per heavy atom. The molecule has 1 rings (SSSR count). The van der Waals surface area contributed by atoms with E-state index < -0.39 is 0 Å². The van der Waals surface area contributed by atoms with Gasteiger partial charge in [0, 0.05) is 19.3 Å². The number of aliphatic hydroxyl groups is 1. The fourth-order valence-corrected chi connectivity index (χ4v) is 1.17. The fraction of sp³-hybridized carbons (Fsp3) is 0.556. The van der Waals surface area contributed by atoms with Crippen LogP contribution in [0.1, 0.15) is 18.2 Å². The summed E-state index contributed by atoms with van der Waals surface area (Å²) in [6, 6.07) is 1.88. The first-order valence-corrected chi connectivity index (χ1v) is 4.68. The number of nitrogens with one attached hydrogen (secondary N) is 1. The standard InChI is InChI=1S/C9H16N4O/c10-6-9(12-3-1-5-14)8-2-4-11-7-13-8/h2,4,7,9,12,14H,1,3,5-6,10H2. The van der Waals surface area contributed by atoms with Crippen molar-refractivity contribution in [1.29, 1.82) is 0 Å². The van der Waals surface area contributed by atoms with Crippen LogP contribution in [0.4, 0.5) is 0 Å². The molecule has 0 aliphatic carbocycles. The quantitative estimate of drug-likeness (QED) is 0.532. The summed E-state index contributed by atoms with van der Waals surface area (Å²) >= 11 is 0. The molecule has 0 fully saturated rings. The molecule has 0 aliphatic heterocycles. The lowest BCUT2D eigenvalue weighted by atomic mass is 10.2. The second-order valence-corrected chi connectivity index (χ2v) is 2.95. The maximum absolute atomic E-state index is 8.63. The van der Waals surface area contributed by atoms with Gasteiger partial charge in [-0.05, 0) is 19.0 Å². The third-order valence-electron chi connectivity index (χ3n) is 1.92. The fourth-order valence-electron chi connectivity index (χ4n) is 1.17. The summed E-state index contributed by atoms with van der Waals surface area (Å²) in [6.45, 7) is 1.42. The second kappa shape index (κ2) is 6.42. The predicted molar refractivity (Wildman–Crippen MR) is 53.5 cm³/mol. The average molecular weight is 196 g/mol. The highest BCUT2D eigenvalue weighted by Gasteiger charge is 2.08. The van der Waals surface area contributed by atoms with Crippen LogP contribution in [0, 0.1) is 0 Å². The number of nitrogens with zero attached hydrogens (tertiary/aromatic N) is 2. The van der Waals surface area contributed by atoms with Gasteiger partial charge < -0.3 is 16.2 Å². The third kappa shape index (κ3) is 3.37. The minimum absolute atomic E-state index is 0.0459. The first-order chi connectivity index (χ1) is 6.88. The van der Waals surface area contributed by atoms with Crippen molar-refractivity contribution in [3.63, 3.8) is 0 Å². The normalized spacial score (nSPS) is 12.7. The molecule has 78 valence electrons. The van der Waals surface area contributed by atoms with Crippen molar-refractivity contribution < 1.29 is 5.11 Å². The van der Waals surface area contributed by atoms with E-state index in [1.54, 1.807) is 6.20 Å². The van der Waals surface area contributed by atoms with E-state index in [2.05, 4.69) is 15.3 Å². The van der Waals surface area contributed by atoms with E-state index in [9.17, 15) is 0 Å². The van der Waals surface area contributed by atoms with Crippen LogP contribution in [-0.4, -0.2) is 34.8 Å². The Morgan fingerprint density at radius 1 is 1.57 bits per heavy atom. The summed E-state index contributed by atoms with van der Waals surface area (Å²) < 4.78 is 0. The molecule has 1 aromatic heterocycles. The van der Waals surface area contributed by atoms with Gasteiger partial charge in [0.25, 0.3) is 0 Å². The van der Waals surface area contributed by atoms with Gasteiger partial charge in [-0.15, -0.1) is 0 Å². The molecular weight excluding hydrogens is 180 g/mol. The van der Waals surface area contributed by atoms with Gasteiger partial charge in [0.1, 0.15) is 6.33 Å². The van der Waals surface area contributed by atoms with Crippen LogP contribution >= 0.6 is 0 Å². The lowest BCUT2D eigenvalue weighted by Crippen LogP contribution is -2.30. The molecule has 0 saturated carbocycles. The van der Waals surface area contributed by atoms with Gasteiger partial charge in [-0.3, -0.25) is 0 Å². The topological polar surface area (TPSA) is 84.1 Å². The van der Waals surface area contributed by atoms with E-state index in [0.717, 1.165) is 18.7 Å². The summed E-state index contributed by atoms with van der Waals surface area (Å²) in [4.78, 5) is 7.95. The molecule has 4 N–H and O–H groups in total. The number of aliphatic hydroxyl groups excluding tert-OH is 1. The Morgan fingerprint density at radius 2 is 2.43 bits per heavy atom. The first-order valence-electron chi connectivity index (χ1n) is 4.68. The van der Waals surface area contributed by atoms with Crippen molar-refractivity contribution >= 4 is 0 Å². The molecule has 5 nitrogen and oxygen atoms in total. The average Bonchev–Trinajstić information content (AvgIpc) is 2.26. The van der Waals surface area contributed by atoms with Crippen LogP contribution in [0.3, 0.4) is 0 Å². The van der Waals surface area contributed by atoms with Gasteiger partial charge in [0.05, 0.1) is 11.7 Å². The molecular formula is C9H16N4O. The van der Waals surface area contributed by atoms with Gasteiger partial charge in [0.15, 0.2) is 0 Å². The number of aromatic nitrogens is 2. The number of nitrogens with two attached hydrogens (primary N) is 1. The zero-order chi connectivity index (χ0) is 10.2. The van der Waals surface area contributed by atoms with Gasteiger partial charge in [0.2, 0.25) is 0 Å². The van der Waals surface area contributed by atoms with E-state index in [-0.39, 0.29) is 12.6 Å². The number of hydrogen-bond donors (Lipinski definition) is 3. The summed E-state index contributed by atoms with van der Waals surface area (Å²) in [6.07, 6.45) is 3.92. The molecule has 0 aliphatic rings. The molecule has 5 heteroatoms. The molecule has 0 bridgehead atoms. The lowest BCUT2D eigenvalue weighted by molar-refractivity contribution is 0.283. The molecule has 1 atom stereocenters. The minimum atomic E-state index is 0.0459. The maximum atomic E-state index is 8.63. The molecule has 0 saturated heterocycles. The second-order valence-electron chi connectivity index (χ2n) is 2.95. The highest BCUT2D eigenvalue weighted by molar-refractivity contribution is 5.04. The van der Waals surface area contributed by atoms with Gasteiger partial charge in [-0.2, -0.15) is 0 Å². The van der Waals surface area contributed by atoms with Gasteiger partial charge >= 0.3 is 0 Å². The third-order valence-corrected chi connectivity index (χ3v) is 1.92. The van der Waals surface area contributed by atoms with Crippen LogP contribution in [0.5, 0.6) is 0 Å². The highest BCUT2D eigenvalue weighted by atomic mass is 16.3. The summed E-state index contributed by atoms with van der Waals surface area (Å²) in [5.74, 6) is 0. The molecule has 1 unspecified atom stereocenters. The Balaban J connectivity index is 2.46. The Labute approximate surface area is 83.4 Å². The minimum Gasteiger partial charge on any atom is -0.396 e. The van der Waals surface area contributed by atoms with E-state index in [4.69, 9.17) is 10.8 Å². The van der Waals surface area contributed by atoms with E-state index >= 15 is 0 Å². The van der Waals surface area contributed by atoms with Crippen LogP contribution < -0.4 is 11.1 Å². The van der Waals surface area contributed by atoms with Crippen molar-refractivity contribution in [3.8, 4) is 0 Å². The summed E-state index contributed by atoms with van der Waals surface area (Å²) in [5, 5.41) is 11.8.